The summed E-state index contributed by atoms with van der Waals surface area (Å²) in [7, 11) is -2.16. The zero-order chi connectivity index (χ0) is 8.48. The van der Waals surface area contributed by atoms with E-state index in [-0.39, 0.29) is 10.0 Å². The molecule has 5 nitrogen and oxygen atoms in total. The van der Waals surface area contributed by atoms with Crippen LogP contribution in [-0.4, -0.2) is 25.7 Å². The molecule has 0 aliphatic heterocycles. The van der Waals surface area contributed by atoms with Crippen LogP contribution < -0.4 is 4.72 Å². The van der Waals surface area contributed by atoms with Crippen LogP contribution in [0.25, 0.3) is 0 Å². The second-order valence-electron chi connectivity index (χ2n) is 1.76. The second kappa shape index (κ2) is 2.80. The lowest BCUT2D eigenvalue weighted by Gasteiger charge is -1.96. The number of rotatable bonds is 2. The third-order valence-electron chi connectivity index (χ3n) is 1.12. The molecular formula is C4H6ClN3O2S. The third-order valence-corrected chi connectivity index (χ3v) is 2.95. The summed E-state index contributed by atoms with van der Waals surface area (Å²) in [6.45, 7) is 0. The molecule has 7 heteroatoms. The molecule has 0 aromatic carbocycles. The van der Waals surface area contributed by atoms with E-state index in [1.165, 1.54) is 7.05 Å². The largest absolute Gasteiger partial charge is 0.266 e. The van der Waals surface area contributed by atoms with E-state index in [1.807, 2.05) is 0 Å². The van der Waals surface area contributed by atoms with Crippen molar-refractivity contribution in [2.75, 3.05) is 7.05 Å². The Balaban J connectivity index is 3.22. The number of H-pyrrole nitrogens is 1. The van der Waals surface area contributed by atoms with Gasteiger partial charge in [0, 0.05) is 0 Å². The lowest BCUT2D eigenvalue weighted by Crippen LogP contribution is -2.18. The van der Waals surface area contributed by atoms with E-state index in [0.29, 0.717) is 0 Å². The van der Waals surface area contributed by atoms with Gasteiger partial charge in [0.25, 0.3) is 0 Å². The van der Waals surface area contributed by atoms with Crippen LogP contribution in [0.1, 0.15) is 0 Å². The van der Waals surface area contributed by atoms with Crippen molar-refractivity contribution in [1.82, 2.24) is 14.9 Å². The standard InChI is InChI=1S/C4H6ClN3O2S/c1-6-11(9,10)3-2-7-8-4(3)5/h2,6H,1H3,(H,7,8). The van der Waals surface area contributed by atoms with Gasteiger partial charge in [0.2, 0.25) is 10.0 Å². The normalized spacial score (nSPS) is 11.8. The summed E-state index contributed by atoms with van der Waals surface area (Å²) in [6, 6.07) is 0. The molecule has 0 saturated heterocycles. The lowest BCUT2D eigenvalue weighted by atomic mass is 10.7. The van der Waals surface area contributed by atoms with Gasteiger partial charge in [0.05, 0.1) is 6.20 Å². The Kier molecular flexibility index (Phi) is 2.17. The summed E-state index contributed by atoms with van der Waals surface area (Å²) >= 11 is 5.47. The van der Waals surface area contributed by atoms with Crippen molar-refractivity contribution in [1.29, 1.82) is 0 Å². The fraction of sp³-hybridized carbons (Fsp3) is 0.250. The van der Waals surface area contributed by atoms with Gasteiger partial charge in [-0.05, 0) is 7.05 Å². The zero-order valence-corrected chi connectivity index (χ0v) is 7.20. The highest BCUT2D eigenvalue weighted by Crippen LogP contribution is 2.16. The third kappa shape index (κ3) is 1.52. The molecule has 0 aliphatic carbocycles. The van der Waals surface area contributed by atoms with Gasteiger partial charge in [-0.3, -0.25) is 5.10 Å². The molecule has 1 aromatic heterocycles. The Labute approximate surface area is 68.8 Å². The predicted molar refractivity (Wildman–Crippen MR) is 39.8 cm³/mol. The summed E-state index contributed by atoms with van der Waals surface area (Å²) in [5.74, 6) is 0. The second-order valence-corrected chi connectivity index (χ2v) is 3.99. The highest BCUT2D eigenvalue weighted by atomic mass is 35.5. The van der Waals surface area contributed by atoms with Crippen molar-refractivity contribution in [3.05, 3.63) is 11.3 Å². The SMILES string of the molecule is CNS(=O)(=O)c1cn[nH]c1Cl. The van der Waals surface area contributed by atoms with Crippen molar-refractivity contribution in [2.24, 2.45) is 0 Å². The summed E-state index contributed by atoms with van der Waals surface area (Å²) in [4.78, 5) is -0.0401. The molecule has 1 heterocycles. The maximum atomic E-state index is 11.0. The van der Waals surface area contributed by atoms with Crippen LogP contribution in [0, 0.1) is 0 Å². The van der Waals surface area contributed by atoms with Crippen LogP contribution in [0.5, 0.6) is 0 Å². The van der Waals surface area contributed by atoms with Crippen molar-refractivity contribution in [2.45, 2.75) is 4.90 Å². The fourth-order valence-corrected chi connectivity index (χ4v) is 1.65. The van der Waals surface area contributed by atoms with E-state index < -0.39 is 10.0 Å². The molecule has 2 N–H and O–H groups in total. The smallest absolute Gasteiger partial charge is 0.244 e. The minimum atomic E-state index is -3.46. The molecule has 1 aromatic rings. The Morgan fingerprint density at radius 1 is 1.73 bits per heavy atom. The summed E-state index contributed by atoms with van der Waals surface area (Å²) < 4.78 is 24.2. The molecule has 0 unspecified atom stereocenters. The molecule has 0 fully saturated rings. The first-order valence-corrected chi connectivity index (χ1v) is 4.56. The van der Waals surface area contributed by atoms with E-state index in [4.69, 9.17) is 11.6 Å². The highest BCUT2D eigenvalue weighted by Gasteiger charge is 2.16. The van der Waals surface area contributed by atoms with E-state index in [9.17, 15) is 8.42 Å². The molecule has 11 heavy (non-hydrogen) atoms. The monoisotopic (exact) mass is 195 g/mol. The summed E-state index contributed by atoms with van der Waals surface area (Å²) in [5, 5.41) is 5.78. The van der Waals surface area contributed by atoms with Gasteiger partial charge in [0.1, 0.15) is 10.0 Å². The summed E-state index contributed by atoms with van der Waals surface area (Å²) in [6.07, 6.45) is 1.15. The molecular weight excluding hydrogens is 190 g/mol. The number of hydrogen-bond acceptors (Lipinski definition) is 3. The molecule has 0 amide bonds. The lowest BCUT2D eigenvalue weighted by molar-refractivity contribution is 0.588. The number of nitrogens with zero attached hydrogens (tertiary/aromatic N) is 1. The first kappa shape index (κ1) is 8.51. The minimum Gasteiger partial charge on any atom is -0.266 e. The number of aromatic amines is 1. The highest BCUT2D eigenvalue weighted by molar-refractivity contribution is 7.89. The first-order chi connectivity index (χ1) is 5.08. The van der Waals surface area contributed by atoms with E-state index in [2.05, 4.69) is 14.9 Å². The van der Waals surface area contributed by atoms with Crippen LogP contribution in [0.15, 0.2) is 11.1 Å². The Morgan fingerprint density at radius 3 is 2.73 bits per heavy atom. The molecule has 1 rings (SSSR count). The molecule has 62 valence electrons. The fourth-order valence-electron chi connectivity index (χ4n) is 0.557. The average molecular weight is 196 g/mol. The Morgan fingerprint density at radius 2 is 2.36 bits per heavy atom. The van der Waals surface area contributed by atoms with Gasteiger partial charge in [-0.25, -0.2) is 13.1 Å². The quantitative estimate of drug-likeness (QED) is 0.696. The Bertz CT molecular complexity index is 344. The molecule has 0 bridgehead atoms. The van der Waals surface area contributed by atoms with Gasteiger partial charge in [-0.1, -0.05) is 11.6 Å². The maximum absolute atomic E-state index is 11.0. The molecule has 0 aliphatic rings. The number of nitrogens with one attached hydrogen (secondary N) is 2. The zero-order valence-electron chi connectivity index (χ0n) is 5.63. The van der Waals surface area contributed by atoms with Gasteiger partial charge < -0.3 is 0 Å². The van der Waals surface area contributed by atoms with Gasteiger partial charge in [0.15, 0.2) is 0 Å². The minimum absolute atomic E-state index is 0.0133. The van der Waals surface area contributed by atoms with Crippen LogP contribution in [0.2, 0.25) is 5.15 Å². The molecule has 0 spiro atoms. The van der Waals surface area contributed by atoms with Crippen molar-refractivity contribution in [3.8, 4) is 0 Å². The molecule has 0 radical (unpaired) electrons. The number of halogens is 1. The first-order valence-electron chi connectivity index (χ1n) is 2.70. The predicted octanol–water partition coefficient (Wildman–Crippen LogP) is -0.0288. The topological polar surface area (TPSA) is 74.8 Å². The summed E-state index contributed by atoms with van der Waals surface area (Å²) in [5.41, 5.74) is 0. The average Bonchev–Trinajstić information content (AvgIpc) is 2.36. The van der Waals surface area contributed by atoms with Gasteiger partial charge in [-0.2, -0.15) is 5.10 Å². The number of sulfonamides is 1. The number of hydrogen-bond donors (Lipinski definition) is 2. The van der Waals surface area contributed by atoms with Gasteiger partial charge >= 0.3 is 0 Å². The van der Waals surface area contributed by atoms with Crippen LogP contribution >= 0.6 is 11.6 Å². The van der Waals surface area contributed by atoms with Crippen molar-refractivity contribution >= 4 is 21.6 Å². The van der Waals surface area contributed by atoms with Crippen LogP contribution in [0.4, 0.5) is 0 Å². The van der Waals surface area contributed by atoms with Crippen molar-refractivity contribution in [3.63, 3.8) is 0 Å². The molecule has 0 saturated carbocycles. The van der Waals surface area contributed by atoms with Crippen LogP contribution in [0.3, 0.4) is 0 Å². The van der Waals surface area contributed by atoms with Gasteiger partial charge in [-0.15, -0.1) is 0 Å². The molecule has 0 atom stereocenters. The van der Waals surface area contributed by atoms with Crippen LogP contribution in [-0.2, 0) is 10.0 Å². The number of aromatic nitrogens is 2. The van der Waals surface area contributed by atoms with Crippen molar-refractivity contribution < 1.29 is 8.42 Å². The Hall–Kier alpha value is -0.590. The van der Waals surface area contributed by atoms with E-state index in [1.54, 1.807) is 0 Å². The van der Waals surface area contributed by atoms with E-state index >= 15 is 0 Å². The maximum Gasteiger partial charge on any atom is 0.244 e. The van der Waals surface area contributed by atoms with E-state index in [0.717, 1.165) is 6.20 Å².